The summed E-state index contributed by atoms with van der Waals surface area (Å²) in [5.74, 6) is 0.531. The van der Waals surface area contributed by atoms with Crippen molar-refractivity contribution in [2.75, 3.05) is 53.5 Å². The molecule has 3 aliphatic rings. The zero-order chi connectivity index (χ0) is 19.7. The van der Waals surface area contributed by atoms with Crippen molar-refractivity contribution in [3.63, 3.8) is 0 Å². The summed E-state index contributed by atoms with van der Waals surface area (Å²) in [5, 5.41) is 0. The van der Waals surface area contributed by atoms with Crippen molar-refractivity contribution < 1.29 is 14.3 Å². The number of rotatable bonds is 2. The Hall–Kier alpha value is -2.08. The van der Waals surface area contributed by atoms with Gasteiger partial charge in [0.1, 0.15) is 0 Å². The lowest BCUT2D eigenvalue weighted by Crippen LogP contribution is -2.47. The number of nitrogens with zero attached hydrogens (tertiary/aromatic N) is 3. The second-order valence-corrected chi connectivity index (χ2v) is 8.63. The van der Waals surface area contributed by atoms with Crippen LogP contribution in [0.2, 0.25) is 0 Å². The molecule has 3 amide bonds. The third-order valence-electron chi connectivity index (χ3n) is 6.77. The van der Waals surface area contributed by atoms with Crippen molar-refractivity contribution in [2.24, 2.45) is 0 Å². The van der Waals surface area contributed by atoms with E-state index in [2.05, 4.69) is 24.3 Å². The summed E-state index contributed by atoms with van der Waals surface area (Å²) < 4.78 is 5.38. The van der Waals surface area contributed by atoms with Gasteiger partial charge in [-0.15, -0.1) is 0 Å². The molecule has 1 atom stereocenters. The number of likely N-dealkylation sites (tertiary alicyclic amines) is 1. The first-order valence-corrected chi connectivity index (χ1v) is 10.4. The average Bonchev–Trinajstić information content (AvgIpc) is 3.02. The molecule has 0 bridgehead atoms. The molecular weight excluding hydrogens is 354 g/mol. The highest BCUT2D eigenvalue weighted by molar-refractivity contribution is 5.78. The van der Waals surface area contributed by atoms with Gasteiger partial charge in [0.15, 0.2) is 0 Å². The number of benzene rings is 1. The number of fused-ring (bicyclic) bond motifs is 2. The smallest absolute Gasteiger partial charge is 0.319 e. The van der Waals surface area contributed by atoms with Crippen LogP contribution in [-0.2, 0) is 14.9 Å². The summed E-state index contributed by atoms with van der Waals surface area (Å²) in [4.78, 5) is 30.8. The van der Waals surface area contributed by atoms with Gasteiger partial charge in [0.2, 0.25) is 5.91 Å². The Balaban J connectivity index is 1.49. The number of morpholine rings is 1. The van der Waals surface area contributed by atoms with Crippen molar-refractivity contribution in [1.29, 1.82) is 0 Å². The summed E-state index contributed by atoms with van der Waals surface area (Å²) in [6, 6.07) is 8.76. The van der Waals surface area contributed by atoms with E-state index in [4.69, 9.17) is 4.74 Å². The van der Waals surface area contributed by atoms with E-state index < -0.39 is 0 Å². The first-order chi connectivity index (χ1) is 13.5. The van der Waals surface area contributed by atoms with Gasteiger partial charge in [0.05, 0.1) is 13.2 Å². The molecule has 2 heterocycles. The van der Waals surface area contributed by atoms with E-state index in [9.17, 15) is 9.59 Å². The molecular formula is C22H31N3O3. The Morgan fingerprint density at radius 1 is 1.07 bits per heavy atom. The number of urea groups is 1. The topological polar surface area (TPSA) is 53.1 Å². The molecule has 6 heteroatoms. The second kappa shape index (κ2) is 7.74. The molecule has 2 fully saturated rings. The van der Waals surface area contributed by atoms with Crippen LogP contribution in [0.25, 0.3) is 0 Å². The Bertz CT molecular complexity index is 734. The van der Waals surface area contributed by atoms with E-state index >= 15 is 0 Å². The van der Waals surface area contributed by atoms with Gasteiger partial charge in [-0.3, -0.25) is 4.79 Å². The molecule has 1 aliphatic carbocycles. The fourth-order valence-electron chi connectivity index (χ4n) is 5.24. The monoisotopic (exact) mass is 385 g/mol. The molecule has 1 spiro atoms. The highest BCUT2D eigenvalue weighted by atomic mass is 16.5. The zero-order valence-electron chi connectivity index (χ0n) is 17.0. The summed E-state index contributed by atoms with van der Waals surface area (Å²) in [5.41, 5.74) is 2.86. The SMILES string of the molecule is CN(C)C(=O)N1CCC2(CC1)C[C@H](CC(=O)N1CCOCC1)c1ccccc12. The van der Waals surface area contributed by atoms with Crippen LogP contribution in [0.1, 0.15) is 42.7 Å². The van der Waals surface area contributed by atoms with Crippen molar-refractivity contribution in [3.05, 3.63) is 35.4 Å². The summed E-state index contributed by atoms with van der Waals surface area (Å²) in [7, 11) is 3.62. The largest absolute Gasteiger partial charge is 0.378 e. The van der Waals surface area contributed by atoms with Gasteiger partial charge in [-0.2, -0.15) is 0 Å². The highest BCUT2D eigenvalue weighted by Gasteiger charge is 2.46. The van der Waals surface area contributed by atoms with Crippen molar-refractivity contribution in [3.8, 4) is 0 Å². The lowest BCUT2D eigenvalue weighted by molar-refractivity contribution is -0.135. The fourth-order valence-corrected chi connectivity index (χ4v) is 5.24. The summed E-state index contributed by atoms with van der Waals surface area (Å²) in [6.45, 7) is 4.28. The molecule has 152 valence electrons. The fraction of sp³-hybridized carbons (Fsp3) is 0.636. The number of piperidine rings is 1. The Kier molecular flexibility index (Phi) is 5.32. The lowest BCUT2D eigenvalue weighted by atomic mass is 9.73. The van der Waals surface area contributed by atoms with Crippen LogP contribution in [-0.4, -0.2) is 80.1 Å². The number of amides is 3. The number of ether oxygens (including phenoxy) is 1. The molecule has 0 saturated carbocycles. The molecule has 1 aromatic rings. The van der Waals surface area contributed by atoms with Crippen LogP contribution in [0.4, 0.5) is 4.79 Å². The van der Waals surface area contributed by atoms with Crippen LogP contribution in [0.15, 0.2) is 24.3 Å². The minimum atomic E-state index is 0.0974. The molecule has 0 N–H and O–H groups in total. The van der Waals surface area contributed by atoms with E-state index in [0.717, 1.165) is 32.4 Å². The van der Waals surface area contributed by atoms with Crippen LogP contribution in [0.3, 0.4) is 0 Å². The Labute approximate surface area is 167 Å². The predicted molar refractivity (Wildman–Crippen MR) is 107 cm³/mol. The number of carbonyl (C=O) groups excluding carboxylic acids is 2. The molecule has 4 rings (SSSR count). The molecule has 1 aromatic carbocycles. The quantitative estimate of drug-likeness (QED) is 0.786. The summed E-state index contributed by atoms with van der Waals surface area (Å²) >= 11 is 0. The molecule has 28 heavy (non-hydrogen) atoms. The number of carbonyl (C=O) groups is 2. The van der Waals surface area contributed by atoms with Crippen molar-refractivity contribution in [2.45, 2.75) is 37.0 Å². The van der Waals surface area contributed by atoms with Crippen molar-refractivity contribution >= 4 is 11.9 Å². The molecule has 0 radical (unpaired) electrons. The van der Waals surface area contributed by atoms with E-state index in [1.807, 2.05) is 23.9 Å². The zero-order valence-corrected chi connectivity index (χ0v) is 17.0. The predicted octanol–water partition coefficient (Wildman–Crippen LogP) is 2.44. The Morgan fingerprint density at radius 2 is 1.75 bits per heavy atom. The van der Waals surface area contributed by atoms with Crippen LogP contribution in [0, 0.1) is 0 Å². The first-order valence-electron chi connectivity index (χ1n) is 10.4. The van der Waals surface area contributed by atoms with Gasteiger partial charge in [0.25, 0.3) is 0 Å². The van der Waals surface area contributed by atoms with Crippen LogP contribution >= 0.6 is 0 Å². The minimum absolute atomic E-state index is 0.0974. The third-order valence-corrected chi connectivity index (χ3v) is 6.77. The van der Waals surface area contributed by atoms with E-state index in [1.165, 1.54) is 11.1 Å². The highest BCUT2D eigenvalue weighted by Crippen LogP contribution is 2.52. The minimum Gasteiger partial charge on any atom is -0.378 e. The van der Waals surface area contributed by atoms with Gasteiger partial charge in [-0.05, 0) is 41.7 Å². The normalized spacial score (nSPS) is 23.6. The van der Waals surface area contributed by atoms with Gasteiger partial charge in [-0.1, -0.05) is 24.3 Å². The van der Waals surface area contributed by atoms with Gasteiger partial charge in [-0.25, -0.2) is 4.79 Å². The van der Waals surface area contributed by atoms with Gasteiger partial charge in [0, 0.05) is 46.7 Å². The summed E-state index contributed by atoms with van der Waals surface area (Å²) in [6.07, 6.45) is 3.56. The number of hydrogen-bond acceptors (Lipinski definition) is 3. The maximum atomic E-state index is 12.9. The van der Waals surface area contributed by atoms with E-state index in [0.29, 0.717) is 32.7 Å². The van der Waals surface area contributed by atoms with Crippen LogP contribution < -0.4 is 0 Å². The van der Waals surface area contributed by atoms with Crippen molar-refractivity contribution in [1.82, 2.24) is 14.7 Å². The van der Waals surface area contributed by atoms with Gasteiger partial charge < -0.3 is 19.4 Å². The molecule has 0 aromatic heterocycles. The molecule has 2 saturated heterocycles. The second-order valence-electron chi connectivity index (χ2n) is 8.63. The molecule has 2 aliphatic heterocycles. The standard InChI is InChI=1S/C22H31N3O3/c1-23(2)21(27)25-9-7-22(8-10-25)16-17(18-5-3-4-6-19(18)22)15-20(26)24-11-13-28-14-12-24/h3-6,17H,7-16H2,1-2H3/t17-/m0/s1. The maximum Gasteiger partial charge on any atom is 0.319 e. The molecule has 6 nitrogen and oxygen atoms in total. The van der Waals surface area contributed by atoms with E-state index in [1.54, 1.807) is 4.90 Å². The number of hydrogen-bond donors (Lipinski definition) is 0. The third kappa shape index (κ3) is 3.50. The van der Waals surface area contributed by atoms with Crippen LogP contribution in [0.5, 0.6) is 0 Å². The lowest BCUT2D eigenvalue weighted by Gasteiger charge is -2.41. The van der Waals surface area contributed by atoms with Gasteiger partial charge >= 0.3 is 6.03 Å². The maximum absolute atomic E-state index is 12.9. The molecule has 0 unspecified atom stereocenters. The van der Waals surface area contributed by atoms with E-state index in [-0.39, 0.29) is 23.3 Å². The Morgan fingerprint density at radius 3 is 2.43 bits per heavy atom. The average molecular weight is 386 g/mol. The first kappa shape index (κ1) is 19.2.